The molecule has 1 aromatic heterocycles. The molecule has 1 heterocycles. The molecule has 0 unspecified atom stereocenters. The third-order valence-corrected chi connectivity index (χ3v) is 3.59. The highest BCUT2D eigenvalue weighted by Gasteiger charge is 2.25. The second-order valence-corrected chi connectivity index (χ2v) is 5.97. The van der Waals surface area contributed by atoms with E-state index in [1.807, 2.05) is 12.3 Å². The fraction of sp³-hybridized carbons (Fsp3) is 0.286. The highest BCUT2D eigenvalue weighted by atomic mass is 127. The summed E-state index contributed by atoms with van der Waals surface area (Å²) in [6.07, 6.45) is 4.36. The van der Waals surface area contributed by atoms with Crippen molar-refractivity contribution in [3.8, 4) is 0 Å². The van der Waals surface area contributed by atoms with E-state index in [1.165, 1.54) is 22.0 Å². The number of aromatic nitrogens is 2. The third-order valence-electron chi connectivity index (χ3n) is 2.97. The monoisotopic (exact) mass is 351 g/mol. The van der Waals surface area contributed by atoms with Crippen molar-refractivity contribution in [3.63, 3.8) is 0 Å². The van der Waals surface area contributed by atoms with Gasteiger partial charge in [0.05, 0.1) is 0 Å². The summed E-state index contributed by atoms with van der Waals surface area (Å²) in [5.74, 6) is 1.35. The minimum absolute atomic E-state index is 0.659. The number of nitrogens with one attached hydrogen (secondary N) is 1. The quantitative estimate of drug-likeness (QED) is 0.849. The van der Waals surface area contributed by atoms with Crippen LogP contribution < -0.4 is 5.32 Å². The van der Waals surface area contributed by atoms with Gasteiger partial charge in [-0.25, -0.2) is 9.97 Å². The number of anilines is 2. The molecule has 3 rings (SSSR count). The largest absolute Gasteiger partial charge is 0.324 e. The lowest BCUT2D eigenvalue weighted by Crippen LogP contribution is -1.99. The molecule has 1 N–H and O–H groups in total. The molecule has 0 bridgehead atoms. The molecule has 1 fully saturated rings. The molecule has 3 nitrogen and oxygen atoms in total. The fourth-order valence-corrected chi connectivity index (χ4v) is 2.80. The number of hydrogen-bond acceptors (Lipinski definition) is 3. The smallest absolute Gasteiger partial charge is 0.227 e. The molecule has 0 radical (unpaired) electrons. The number of aryl methyl sites for hydroxylation is 1. The average Bonchev–Trinajstić information content (AvgIpc) is 3.11. The molecule has 1 aliphatic rings. The number of benzene rings is 1. The van der Waals surface area contributed by atoms with Gasteiger partial charge < -0.3 is 5.32 Å². The first-order chi connectivity index (χ1) is 8.70. The van der Waals surface area contributed by atoms with Crippen LogP contribution in [0.4, 0.5) is 11.6 Å². The second kappa shape index (κ2) is 4.84. The van der Waals surface area contributed by atoms with Crippen LogP contribution in [0.2, 0.25) is 0 Å². The Labute approximate surface area is 120 Å². The zero-order valence-electron chi connectivity index (χ0n) is 10.2. The number of hydrogen-bond donors (Lipinski definition) is 1. The maximum atomic E-state index is 4.56. The van der Waals surface area contributed by atoms with Crippen LogP contribution in [0.5, 0.6) is 0 Å². The Morgan fingerprint density at radius 2 is 2.11 bits per heavy atom. The zero-order chi connectivity index (χ0) is 12.5. The van der Waals surface area contributed by atoms with Crippen molar-refractivity contribution in [1.29, 1.82) is 0 Å². The molecule has 0 spiro atoms. The van der Waals surface area contributed by atoms with E-state index in [1.54, 1.807) is 0 Å². The summed E-state index contributed by atoms with van der Waals surface area (Å²) >= 11 is 2.32. The maximum absolute atomic E-state index is 4.56. The maximum Gasteiger partial charge on any atom is 0.227 e. The Morgan fingerprint density at radius 3 is 2.83 bits per heavy atom. The van der Waals surface area contributed by atoms with Gasteiger partial charge in [0.2, 0.25) is 5.95 Å². The molecule has 92 valence electrons. The number of nitrogens with zero attached hydrogens (tertiary/aromatic N) is 2. The fourth-order valence-electron chi connectivity index (χ4n) is 1.98. The first-order valence-electron chi connectivity index (χ1n) is 6.08. The summed E-state index contributed by atoms with van der Waals surface area (Å²) in [5, 5.41) is 3.28. The van der Waals surface area contributed by atoms with Crippen molar-refractivity contribution in [2.24, 2.45) is 0 Å². The minimum Gasteiger partial charge on any atom is -0.324 e. The molecular weight excluding hydrogens is 337 g/mol. The van der Waals surface area contributed by atoms with E-state index in [2.05, 4.69) is 63.0 Å². The van der Waals surface area contributed by atoms with Gasteiger partial charge in [-0.2, -0.15) is 0 Å². The average molecular weight is 351 g/mol. The molecule has 1 aliphatic carbocycles. The van der Waals surface area contributed by atoms with Crippen molar-refractivity contribution in [2.75, 3.05) is 5.32 Å². The standard InChI is InChI=1S/C14H14IN3/c1-9-6-11(15)8-12(7-9)17-14-16-5-4-13(18-14)10-2-3-10/h4-8,10H,2-3H2,1H3,(H,16,17,18). The van der Waals surface area contributed by atoms with E-state index in [-0.39, 0.29) is 0 Å². The van der Waals surface area contributed by atoms with Gasteiger partial charge in [0, 0.05) is 27.1 Å². The van der Waals surface area contributed by atoms with Gasteiger partial charge in [0.15, 0.2) is 0 Å². The molecule has 0 atom stereocenters. The molecule has 2 aromatic rings. The van der Waals surface area contributed by atoms with Crippen molar-refractivity contribution in [3.05, 3.63) is 45.3 Å². The van der Waals surface area contributed by atoms with Crippen LogP contribution in [0.15, 0.2) is 30.5 Å². The van der Waals surface area contributed by atoms with Gasteiger partial charge in [-0.1, -0.05) is 0 Å². The van der Waals surface area contributed by atoms with Gasteiger partial charge in [-0.15, -0.1) is 0 Å². The van der Waals surface area contributed by atoms with Crippen molar-refractivity contribution < 1.29 is 0 Å². The summed E-state index contributed by atoms with van der Waals surface area (Å²) in [5.41, 5.74) is 3.45. The van der Waals surface area contributed by atoms with Crippen LogP contribution in [-0.2, 0) is 0 Å². The van der Waals surface area contributed by atoms with Crippen molar-refractivity contribution in [2.45, 2.75) is 25.7 Å². The van der Waals surface area contributed by atoms with E-state index in [0.717, 1.165) is 11.4 Å². The molecule has 0 amide bonds. The normalized spacial score (nSPS) is 14.6. The third kappa shape index (κ3) is 2.80. The van der Waals surface area contributed by atoms with Crippen LogP contribution in [-0.4, -0.2) is 9.97 Å². The second-order valence-electron chi connectivity index (χ2n) is 4.72. The lowest BCUT2D eigenvalue weighted by Gasteiger charge is -2.07. The summed E-state index contributed by atoms with van der Waals surface area (Å²) < 4.78 is 1.22. The highest BCUT2D eigenvalue weighted by Crippen LogP contribution is 2.39. The highest BCUT2D eigenvalue weighted by molar-refractivity contribution is 14.1. The lowest BCUT2D eigenvalue weighted by molar-refractivity contribution is 0.993. The SMILES string of the molecule is Cc1cc(I)cc(Nc2nccc(C3CC3)n2)c1. The Balaban J connectivity index is 1.84. The zero-order valence-corrected chi connectivity index (χ0v) is 12.3. The van der Waals surface area contributed by atoms with Gasteiger partial charge in [0.1, 0.15) is 0 Å². The molecule has 18 heavy (non-hydrogen) atoms. The summed E-state index contributed by atoms with van der Waals surface area (Å²) in [7, 11) is 0. The predicted molar refractivity (Wildman–Crippen MR) is 81.2 cm³/mol. The van der Waals surface area contributed by atoms with Crippen molar-refractivity contribution in [1.82, 2.24) is 9.97 Å². The van der Waals surface area contributed by atoms with Gasteiger partial charge in [0.25, 0.3) is 0 Å². The van der Waals surface area contributed by atoms with E-state index in [9.17, 15) is 0 Å². The van der Waals surface area contributed by atoms with Crippen LogP contribution >= 0.6 is 22.6 Å². The number of halogens is 1. The molecule has 1 saturated carbocycles. The van der Waals surface area contributed by atoms with Gasteiger partial charge >= 0.3 is 0 Å². The summed E-state index contributed by atoms with van der Waals surface area (Å²) in [6.45, 7) is 2.09. The Hall–Kier alpha value is -1.17. The molecule has 1 aromatic carbocycles. The van der Waals surface area contributed by atoms with E-state index < -0.39 is 0 Å². The van der Waals surface area contributed by atoms with E-state index in [4.69, 9.17) is 0 Å². The Morgan fingerprint density at radius 1 is 1.28 bits per heavy atom. The predicted octanol–water partition coefficient (Wildman–Crippen LogP) is 4.01. The van der Waals surface area contributed by atoms with Crippen LogP contribution in [0.25, 0.3) is 0 Å². The summed E-state index contributed by atoms with van der Waals surface area (Å²) in [6, 6.07) is 8.37. The van der Waals surface area contributed by atoms with Crippen LogP contribution in [0.1, 0.15) is 30.0 Å². The van der Waals surface area contributed by atoms with E-state index >= 15 is 0 Å². The lowest BCUT2D eigenvalue weighted by atomic mass is 10.2. The van der Waals surface area contributed by atoms with E-state index in [0.29, 0.717) is 11.9 Å². The van der Waals surface area contributed by atoms with Gasteiger partial charge in [-0.05, 0) is 72.2 Å². The first kappa shape index (κ1) is 11.9. The van der Waals surface area contributed by atoms with Crippen LogP contribution in [0, 0.1) is 10.5 Å². The molecule has 4 heteroatoms. The minimum atomic E-state index is 0.659. The molecular formula is C14H14IN3. The summed E-state index contributed by atoms with van der Waals surface area (Å²) in [4.78, 5) is 8.84. The van der Waals surface area contributed by atoms with Crippen molar-refractivity contribution >= 4 is 34.2 Å². The number of rotatable bonds is 3. The topological polar surface area (TPSA) is 37.8 Å². The molecule has 0 saturated heterocycles. The van der Waals surface area contributed by atoms with Gasteiger partial charge in [-0.3, -0.25) is 0 Å². The molecule has 0 aliphatic heterocycles. The van der Waals surface area contributed by atoms with Crippen LogP contribution in [0.3, 0.4) is 0 Å². The Bertz CT molecular complexity index is 559. The first-order valence-corrected chi connectivity index (χ1v) is 7.16. The Kier molecular flexibility index (Phi) is 3.20.